The minimum Gasteiger partial charge on any atom is -0.489 e. The van der Waals surface area contributed by atoms with Gasteiger partial charge in [0, 0.05) is 39.8 Å². The van der Waals surface area contributed by atoms with Gasteiger partial charge in [0.25, 0.3) is 0 Å². The van der Waals surface area contributed by atoms with Gasteiger partial charge in [0.05, 0.1) is 18.1 Å². The first-order valence-corrected chi connectivity index (χ1v) is 9.45. The Kier molecular flexibility index (Phi) is 5.55. The second-order valence-corrected chi connectivity index (χ2v) is 8.34. The summed E-state index contributed by atoms with van der Waals surface area (Å²) >= 11 is 0. The summed E-state index contributed by atoms with van der Waals surface area (Å²) in [5.74, 6) is -0.330. The molecule has 2 bridgehead atoms. The van der Waals surface area contributed by atoms with Crippen molar-refractivity contribution in [2.45, 2.75) is 32.4 Å². The zero-order valence-corrected chi connectivity index (χ0v) is 17.4. The minimum absolute atomic E-state index is 0.126. The number of carbonyl (C=O) groups is 1. The van der Waals surface area contributed by atoms with Crippen LogP contribution in [0, 0.1) is 17.1 Å². The number of anilines is 1. The van der Waals surface area contributed by atoms with E-state index in [0.717, 1.165) is 0 Å². The van der Waals surface area contributed by atoms with E-state index < -0.39 is 17.5 Å². The van der Waals surface area contributed by atoms with Gasteiger partial charge in [0.2, 0.25) is 0 Å². The van der Waals surface area contributed by atoms with Gasteiger partial charge in [-0.2, -0.15) is 5.26 Å². The Morgan fingerprint density at radius 3 is 2.79 bits per heavy atom. The standard InChI is InChI=1S/C20H26FN5O3/c1-20(2,3)29-19(27)26-7-6-25-10-13(26)11-28-16-8-15(23-12-24(4)5)14(9-22)17(21)18(16)25/h8,12-13H,6-7,10-11H2,1-5H3/b23-12+/t13-/m0/s1. The molecule has 1 saturated heterocycles. The molecule has 0 radical (unpaired) electrons. The largest absolute Gasteiger partial charge is 0.489 e. The van der Waals surface area contributed by atoms with Crippen LogP contribution in [0.4, 0.5) is 20.6 Å². The molecule has 9 heteroatoms. The maximum Gasteiger partial charge on any atom is 0.410 e. The quantitative estimate of drug-likeness (QED) is 0.558. The van der Waals surface area contributed by atoms with Crippen molar-refractivity contribution < 1.29 is 18.7 Å². The van der Waals surface area contributed by atoms with E-state index in [1.807, 2.05) is 31.7 Å². The van der Waals surface area contributed by atoms with E-state index in [1.165, 1.54) is 6.34 Å². The highest BCUT2D eigenvalue weighted by atomic mass is 19.1. The van der Waals surface area contributed by atoms with Crippen LogP contribution in [-0.4, -0.2) is 74.2 Å². The van der Waals surface area contributed by atoms with Crippen LogP contribution in [0.3, 0.4) is 0 Å². The highest BCUT2D eigenvalue weighted by Gasteiger charge is 2.38. The number of halogens is 1. The number of rotatable bonds is 2. The zero-order valence-electron chi connectivity index (χ0n) is 17.4. The van der Waals surface area contributed by atoms with Gasteiger partial charge in [0.15, 0.2) is 5.82 Å². The summed E-state index contributed by atoms with van der Waals surface area (Å²) in [6, 6.07) is 3.20. The Morgan fingerprint density at radius 1 is 1.45 bits per heavy atom. The van der Waals surface area contributed by atoms with Crippen LogP contribution >= 0.6 is 0 Å². The lowest BCUT2D eigenvalue weighted by Crippen LogP contribution is -2.57. The van der Waals surface area contributed by atoms with Gasteiger partial charge in [-0.1, -0.05) is 0 Å². The molecule has 1 atom stereocenters. The number of piperazine rings is 1. The van der Waals surface area contributed by atoms with Crippen LogP contribution in [0.1, 0.15) is 26.3 Å². The molecular weight excluding hydrogens is 377 g/mol. The van der Waals surface area contributed by atoms with Gasteiger partial charge in [-0.05, 0) is 20.8 Å². The molecular formula is C20H26FN5O3. The number of nitriles is 1. The second-order valence-electron chi connectivity index (χ2n) is 8.34. The third kappa shape index (κ3) is 4.36. The Labute approximate surface area is 170 Å². The highest BCUT2D eigenvalue weighted by molar-refractivity contribution is 5.75. The number of hydrogen-bond acceptors (Lipinski definition) is 6. The molecule has 2 heterocycles. The Hall–Kier alpha value is -3.02. The molecule has 2 aliphatic heterocycles. The van der Waals surface area contributed by atoms with Crippen LogP contribution in [0.25, 0.3) is 0 Å². The number of nitrogens with zero attached hydrogens (tertiary/aromatic N) is 5. The van der Waals surface area contributed by atoms with Crippen LogP contribution in [0.15, 0.2) is 11.1 Å². The first-order valence-electron chi connectivity index (χ1n) is 9.45. The lowest BCUT2D eigenvalue weighted by molar-refractivity contribution is 0.00975. The molecule has 1 aromatic rings. The Balaban J connectivity index is 1.93. The molecule has 0 saturated carbocycles. The molecule has 29 heavy (non-hydrogen) atoms. The average Bonchev–Trinajstić information content (AvgIpc) is 2.75. The van der Waals surface area contributed by atoms with Crippen LogP contribution < -0.4 is 9.64 Å². The Bertz CT molecular complexity index is 872. The predicted molar refractivity (Wildman–Crippen MR) is 107 cm³/mol. The lowest BCUT2D eigenvalue weighted by atomic mass is 10.1. The van der Waals surface area contributed by atoms with E-state index in [-0.39, 0.29) is 29.6 Å². The number of hydrogen-bond donors (Lipinski definition) is 0. The lowest BCUT2D eigenvalue weighted by Gasteiger charge is -2.40. The van der Waals surface area contributed by atoms with Crippen molar-refractivity contribution in [2.24, 2.45) is 4.99 Å². The Morgan fingerprint density at radius 2 is 2.17 bits per heavy atom. The maximum absolute atomic E-state index is 15.2. The summed E-state index contributed by atoms with van der Waals surface area (Å²) in [5.41, 5.74) is -0.273. The van der Waals surface area contributed by atoms with Gasteiger partial charge in [-0.25, -0.2) is 14.2 Å². The molecule has 1 aromatic carbocycles. The van der Waals surface area contributed by atoms with Crippen molar-refractivity contribution in [3.63, 3.8) is 0 Å². The molecule has 0 spiro atoms. The van der Waals surface area contributed by atoms with Crippen LogP contribution in [0.5, 0.6) is 5.75 Å². The maximum atomic E-state index is 15.2. The SMILES string of the molecule is CN(C)/C=N/c1cc2c(c(F)c1C#N)N1CCN(C(=O)OC(C)(C)C)[C@H](CO2)C1. The van der Waals surface area contributed by atoms with Crippen molar-refractivity contribution in [3.8, 4) is 11.8 Å². The van der Waals surface area contributed by atoms with Gasteiger partial charge < -0.3 is 19.3 Å². The first kappa shape index (κ1) is 20.7. The summed E-state index contributed by atoms with van der Waals surface area (Å²) in [6.45, 7) is 6.83. The van der Waals surface area contributed by atoms with E-state index in [9.17, 15) is 10.1 Å². The van der Waals surface area contributed by atoms with Crippen LogP contribution in [-0.2, 0) is 4.74 Å². The van der Waals surface area contributed by atoms with E-state index in [1.54, 1.807) is 30.0 Å². The number of benzene rings is 1. The van der Waals surface area contributed by atoms with Crippen molar-refractivity contribution in [1.29, 1.82) is 5.26 Å². The number of aliphatic imine (C=N–C) groups is 1. The molecule has 0 N–H and O–H groups in total. The van der Waals surface area contributed by atoms with E-state index in [0.29, 0.717) is 25.4 Å². The third-order valence-corrected chi connectivity index (χ3v) is 4.58. The fraction of sp³-hybridized carbons (Fsp3) is 0.550. The normalized spacial score (nSPS) is 18.6. The summed E-state index contributed by atoms with van der Waals surface area (Å²) in [4.78, 5) is 21.9. The molecule has 1 amide bonds. The number of amides is 1. The second kappa shape index (κ2) is 7.78. The van der Waals surface area contributed by atoms with Crippen molar-refractivity contribution in [2.75, 3.05) is 45.2 Å². The summed E-state index contributed by atoms with van der Waals surface area (Å²) < 4.78 is 26.6. The average molecular weight is 403 g/mol. The summed E-state index contributed by atoms with van der Waals surface area (Å²) in [6.07, 6.45) is 1.09. The first-order chi connectivity index (χ1) is 13.6. The number of ether oxygens (including phenoxy) is 2. The number of fused-ring (bicyclic) bond motifs is 4. The van der Waals surface area contributed by atoms with Crippen molar-refractivity contribution in [3.05, 3.63) is 17.4 Å². The fourth-order valence-electron chi connectivity index (χ4n) is 3.34. The van der Waals surface area contributed by atoms with Crippen molar-refractivity contribution >= 4 is 23.8 Å². The van der Waals surface area contributed by atoms with Gasteiger partial charge in [0.1, 0.15) is 35.3 Å². The summed E-state index contributed by atoms with van der Waals surface area (Å²) in [5, 5.41) is 9.48. The van der Waals surface area contributed by atoms with Gasteiger partial charge >= 0.3 is 6.09 Å². The van der Waals surface area contributed by atoms with E-state index in [4.69, 9.17) is 9.47 Å². The van der Waals surface area contributed by atoms with Gasteiger partial charge in [-0.3, -0.25) is 4.90 Å². The molecule has 0 unspecified atom stereocenters. The molecule has 3 rings (SSSR count). The molecule has 0 aromatic heterocycles. The number of carbonyl (C=O) groups excluding carboxylic acids is 1. The fourth-order valence-corrected chi connectivity index (χ4v) is 3.34. The molecule has 1 fully saturated rings. The monoisotopic (exact) mass is 403 g/mol. The summed E-state index contributed by atoms with van der Waals surface area (Å²) in [7, 11) is 3.57. The predicted octanol–water partition coefficient (Wildman–Crippen LogP) is 2.74. The zero-order chi connectivity index (χ0) is 21.3. The molecule has 156 valence electrons. The van der Waals surface area contributed by atoms with E-state index in [2.05, 4.69) is 4.99 Å². The van der Waals surface area contributed by atoms with Gasteiger partial charge in [-0.15, -0.1) is 0 Å². The third-order valence-electron chi connectivity index (χ3n) is 4.58. The topological polar surface area (TPSA) is 81.4 Å². The van der Waals surface area contributed by atoms with E-state index >= 15 is 4.39 Å². The minimum atomic E-state index is -0.651. The highest BCUT2D eigenvalue weighted by Crippen LogP contribution is 2.41. The molecule has 8 nitrogen and oxygen atoms in total. The van der Waals surface area contributed by atoms with Crippen LogP contribution in [0.2, 0.25) is 0 Å². The molecule has 0 aliphatic carbocycles. The molecule has 2 aliphatic rings. The smallest absolute Gasteiger partial charge is 0.410 e. The van der Waals surface area contributed by atoms with Crippen molar-refractivity contribution in [1.82, 2.24) is 9.80 Å².